The summed E-state index contributed by atoms with van der Waals surface area (Å²) in [6.07, 6.45) is 11.2. The van der Waals surface area contributed by atoms with E-state index in [-0.39, 0.29) is 0 Å². The van der Waals surface area contributed by atoms with E-state index in [0.29, 0.717) is 5.41 Å². The summed E-state index contributed by atoms with van der Waals surface area (Å²) in [5, 5.41) is 0. The molecule has 0 radical (unpaired) electrons. The van der Waals surface area contributed by atoms with Gasteiger partial charge < -0.3 is 0 Å². The standard InChI is InChI=1S/C9H10/c1-8-4-2-3-5-9(8)6-7-9/h2-5H,1,6-7H2. The first-order valence-corrected chi connectivity index (χ1v) is 3.39. The van der Waals surface area contributed by atoms with Crippen molar-refractivity contribution in [1.29, 1.82) is 0 Å². The molecule has 0 nitrogen and oxygen atoms in total. The maximum absolute atomic E-state index is 3.99. The predicted molar refractivity (Wildman–Crippen MR) is 39.1 cm³/mol. The van der Waals surface area contributed by atoms with Gasteiger partial charge in [-0.2, -0.15) is 0 Å². The van der Waals surface area contributed by atoms with Crippen LogP contribution in [0.15, 0.2) is 36.5 Å². The molecule has 0 aromatic heterocycles. The molecular formula is C9H10. The van der Waals surface area contributed by atoms with E-state index in [9.17, 15) is 0 Å². The number of hydrogen-bond donors (Lipinski definition) is 0. The zero-order chi connectivity index (χ0) is 6.32. The maximum atomic E-state index is 3.99. The van der Waals surface area contributed by atoms with Crippen LogP contribution in [0.5, 0.6) is 0 Å². The molecule has 46 valence electrons. The highest BCUT2D eigenvalue weighted by Crippen LogP contribution is 2.54. The molecule has 2 aliphatic carbocycles. The summed E-state index contributed by atoms with van der Waals surface area (Å²) < 4.78 is 0. The van der Waals surface area contributed by atoms with Crippen LogP contribution in [0.3, 0.4) is 0 Å². The van der Waals surface area contributed by atoms with Gasteiger partial charge in [0.25, 0.3) is 0 Å². The molecule has 1 spiro atoms. The molecule has 1 saturated carbocycles. The SMILES string of the molecule is C=C1C=CC=CC12CC2. The Morgan fingerprint density at radius 3 is 2.56 bits per heavy atom. The van der Waals surface area contributed by atoms with E-state index >= 15 is 0 Å². The van der Waals surface area contributed by atoms with Gasteiger partial charge in [-0.05, 0) is 18.4 Å². The Balaban J connectivity index is 2.36. The van der Waals surface area contributed by atoms with Gasteiger partial charge in [0.05, 0.1) is 0 Å². The third kappa shape index (κ3) is 0.593. The van der Waals surface area contributed by atoms with Gasteiger partial charge in [-0.15, -0.1) is 0 Å². The Bertz CT molecular complexity index is 202. The lowest BCUT2D eigenvalue weighted by Crippen LogP contribution is -1.98. The van der Waals surface area contributed by atoms with Crippen LogP contribution in [-0.2, 0) is 0 Å². The largest absolute Gasteiger partial charge is 0.0949 e. The second-order valence-corrected chi connectivity index (χ2v) is 2.90. The first-order valence-electron chi connectivity index (χ1n) is 3.39. The summed E-state index contributed by atoms with van der Waals surface area (Å²) in [7, 11) is 0. The van der Waals surface area contributed by atoms with Gasteiger partial charge in [0, 0.05) is 5.41 Å². The average Bonchev–Trinajstić information content (AvgIpc) is 2.60. The third-order valence-corrected chi connectivity index (χ3v) is 2.25. The Kier molecular flexibility index (Phi) is 0.774. The molecule has 0 amide bonds. The zero-order valence-corrected chi connectivity index (χ0v) is 5.43. The summed E-state index contributed by atoms with van der Waals surface area (Å²) >= 11 is 0. The van der Waals surface area contributed by atoms with E-state index in [1.54, 1.807) is 0 Å². The van der Waals surface area contributed by atoms with E-state index in [1.165, 1.54) is 18.4 Å². The van der Waals surface area contributed by atoms with Crippen LogP contribution >= 0.6 is 0 Å². The van der Waals surface area contributed by atoms with E-state index in [1.807, 2.05) is 0 Å². The fraction of sp³-hybridized carbons (Fsp3) is 0.333. The fourth-order valence-electron chi connectivity index (χ4n) is 1.31. The number of rotatable bonds is 0. The van der Waals surface area contributed by atoms with Gasteiger partial charge in [0.15, 0.2) is 0 Å². The summed E-state index contributed by atoms with van der Waals surface area (Å²) in [4.78, 5) is 0. The summed E-state index contributed by atoms with van der Waals surface area (Å²) in [5.74, 6) is 0. The van der Waals surface area contributed by atoms with Crippen molar-refractivity contribution in [3.05, 3.63) is 36.5 Å². The fourth-order valence-corrected chi connectivity index (χ4v) is 1.31. The van der Waals surface area contributed by atoms with Gasteiger partial charge in [-0.3, -0.25) is 0 Å². The van der Waals surface area contributed by atoms with Crippen molar-refractivity contribution in [3.8, 4) is 0 Å². The molecule has 2 rings (SSSR count). The van der Waals surface area contributed by atoms with Crippen molar-refractivity contribution in [2.24, 2.45) is 5.41 Å². The highest BCUT2D eigenvalue weighted by atomic mass is 14.5. The number of allylic oxidation sites excluding steroid dienone is 5. The van der Waals surface area contributed by atoms with Crippen molar-refractivity contribution in [1.82, 2.24) is 0 Å². The molecule has 0 heteroatoms. The summed E-state index contributed by atoms with van der Waals surface area (Å²) in [5.41, 5.74) is 1.72. The van der Waals surface area contributed by atoms with Crippen LogP contribution in [0.1, 0.15) is 12.8 Å². The summed E-state index contributed by atoms with van der Waals surface area (Å²) in [6, 6.07) is 0. The van der Waals surface area contributed by atoms with Crippen molar-refractivity contribution in [2.75, 3.05) is 0 Å². The van der Waals surface area contributed by atoms with Crippen LogP contribution in [0.2, 0.25) is 0 Å². The molecule has 1 fully saturated rings. The van der Waals surface area contributed by atoms with Crippen LogP contribution in [0.25, 0.3) is 0 Å². The molecule has 9 heavy (non-hydrogen) atoms. The van der Waals surface area contributed by atoms with Crippen LogP contribution in [0, 0.1) is 5.41 Å². The first-order chi connectivity index (χ1) is 4.33. The molecule has 0 N–H and O–H groups in total. The Morgan fingerprint density at radius 2 is 2.11 bits per heavy atom. The van der Waals surface area contributed by atoms with Crippen molar-refractivity contribution >= 4 is 0 Å². The van der Waals surface area contributed by atoms with Crippen molar-refractivity contribution < 1.29 is 0 Å². The van der Waals surface area contributed by atoms with E-state index < -0.39 is 0 Å². The molecule has 0 unspecified atom stereocenters. The van der Waals surface area contributed by atoms with Crippen LogP contribution in [0.4, 0.5) is 0 Å². The molecule has 0 bridgehead atoms. The van der Waals surface area contributed by atoms with E-state index in [2.05, 4.69) is 30.9 Å². The molecule has 2 aliphatic rings. The molecule has 0 aromatic rings. The molecule has 0 heterocycles. The molecular weight excluding hydrogens is 108 g/mol. The lowest BCUT2D eigenvalue weighted by molar-refractivity contribution is 0.807. The molecule has 0 saturated heterocycles. The van der Waals surface area contributed by atoms with Gasteiger partial charge >= 0.3 is 0 Å². The van der Waals surface area contributed by atoms with Crippen LogP contribution < -0.4 is 0 Å². The smallest absolute Gasteiger partial charge is 0.0130 e. The van der Waals surface area contributed by atoms with Crippen molar-refractivity contribution in [3.63, 3.8) is 0 Å². The first kappa shape index (κ1) is 5.04. The van der Waals surface area contributed by atoms with Gasteiger partial charge in [-0.1, -0.05) is 30.9 Å². The second-order valence-electron chi connectivity index (χ2n) is 2.90. The molecule has 0 aromatic carbocycles. The lowest BCUT2D eigenvalue weighted by Gasteiger charge is -2.11. The van der Waals surface area contributed by atoms with E-state index in [4.69, 9.17) is 0 Å². The molecule has 0 atom stereocenters. The maximum Gasteiger partial charge on any atom is 0.0130 e. The highest BCUT2D eigenvalue weighted by molar-refractivity contribution is 5.40. The third-order valence-electron chi connectivity index (χ3n) is 2.25. The Morgan fingerprint density at radius 1 is 1.33 bits per heavy atom. The minimum Gasteiger partial charge on any atom is -0.0949 e. The quantitative estimate of drug-likeness (QED) is 0.458. The van der Waals surface area contributed by atoms with Gasteiger partial charge in [-0.25, -0.2) is 0 Å². The summed E-state index contributed by atoms with van der Waals surface area (Å²) in [6.45, 7) is 3.99. The lowest BCUT2D eigenvalue weighted by atomic mass is 9.93. The second kappa shape index (κ2) is 1.38. The monoisotopic (exact) mass is 118 g/mol. The Labute approximate surface area is 55.6 Å². The zero-order valence-electron chi connectivity index (χ0n) is 5.43. The topological polar surface area (TPSA) is 0 Å². The highest BCUT2D eigenvalue weighted by Gasteiger charge is 2.42. The normalized spacial score (nSPS) is 27.3. The van der Waals surface area contributed by atoms with Crippen LogP contribution in [-0.4, -0.2) is 0 Å². The number of hydrogen-bond acceptors (Lipinski definition) is 0. The Hall–Kier alpha value is -0.780. The predicted octanol–water partition coefficient (Wildman–Crippen LogP) is 2.45. The molecule has 0 aliphatic heterocycles. The van der Waals surface area contributed by atoms with E-state index in [0.717, 1.165) is 0 Å². The van der Waals surface area contributed by atoms with Crippen molar-refractivity contribution in [2.45, 2.75) is 12.8 Å². The van der Waals surface area contributed by atoms with Gasteiger partial charge in [0.2, 0.25) is 0 Å². The average molecular weight is 118 g/mol. The minimum absolute atomic E-state index is 0.425. The minimum atomic E-state index is 0.425. The van der Waals surface area contributed by atoms with Gasteiger partial charge in [0.1, 0.15) is 0 Å².